The van der Waals surface area contributed by atoms with Gasteiger partial charge in [0, 0.05) is 0 Å². The molecule has 0 aliphatic rings. The Morgan fingerprint density at radius 1 is 2.00 bits per heavy atom. The van der Waals surface area contributed by atoms with Crippen LogP contribution in [0.25, 0.3) is 0 Å². The molecular weight excluding hydrogens is 167 g/mol. The Morgan fingerprint density at radius 3 is 2.00 bits per heavy atom. The summed E-state index contributed by atoms with van der Waals surface area (Å²) in [5, 5.41) is 0. The van der Waals surface area contributed by atoms with E-state index in [0.717, 1.165) is 0 Å². The van der Waals surface area contributed by atoms with E-state index in [-0.39, 0.29) is 0 Å². The summed E-state index contributed by atoms with van der Waals surface area (Å²) in [5.74, 6) is 0. The third-order valence-electron chi connectivity index (χ3n) is 0. The van der Waals surface area contributed by atoms with Gasteiger partial charge in [-0.2, -0.15) is 0 Å². The molecule has 0 aliphatic carbocycles. The Labute approximate surface area is 42.3 Å². The quantitative estimate of drug-likeness (QED) is 0.414. The molecule has 5 heavy (non-hydrogen) atoms. The number of hydrogen-bond acceptors (Lipinski definition) is 1. The molecular formula is CH5AsOS2. The standard InChI is InChI=1S/CH5AsOS2/c1-2(3,4)5/h1H3,(H2,3,4,5). The molecule has 1 atom stereocenters. The summed E-state index contributed by atoms with van der Waals surface area (Å²) in [6, 6.07) is 0. The first-order chi connectivity index (χ1) is 2.00. The predicted octanol–water partition coefficient (Wildman–Crippen LogP) is 0.675. The molecule has 0 bridgehead atoms. The van der Waals surface area contributed by atoms with Gasteiger partial charge in [0.1, 0.15) is 0 Å². The van der Waals surface area contributed by atoms with Crippen molar-refractivity contribution in [1.82, 2.24) is 0 Å². The van der Waals surface area contributed by atoms with Crippen molar-refractivity contribution in [3.8, 4) is 0 Å². The molecule has 1 N–H and O–H groups in total. The zero-order valence-corrected chi connectivity index (χ0v) is 6.34. The van der Waals surface area contributed by atoms with Gasteiger partial charge in [0.05, 0.1) is 0 Å². The van der Waals surface area contributed by atoms with Gasteiger partial charge in [-0.3, -0.25) is 0 Å². The second kappa shape index (κ2) is 1.69. The Hall–Kier alpha value is 1.09. The molecule has 0 spiro atoms. The van der Waals surface area contributed by atoms with Crippen LogP contribution in [0, 0.1) is 0 Å². The molecule has 0 radical (unpaired) electrons. The van der Waals surface area contributed by atoms with Crippen molar-refractivity contribution in [3.05, 3.63) is 0 Å². The summed E-state index contributed by atoms with van der Waals surface area (Å²) >= 11 is -2.60. The van der Waals surface area contributed by atoms with Gasteiger partial charge in [-0.05, 0) is 0 Å². The zero-order valence-electron chi connectivity index (χ0n) is 2.75. The molecule has 0 aromatic rings. The van der Waals surface area contributed by atoms with Gasteiger partial charge in [-0.25, -0.2) is 0 Å². The third-order valence-corrected chi connectivity index (χ3v) is 0. The number of hydrogen-bond donors (Lipinski definition) is 2. The van der Waals surface area contributed by atoms with Crippen LogP contribution in [0.5, 0.6) is 0 Å². The molecule has 0 fully saturated rings. The van der Waals surface area contributed by atoms with Crippen LogP contribution in [-0.2, 0) is 0 Å². The predicted molar refractivity (Wildman–Crippen MR) is 30.4 cm³/mol. The van der Waals surface area contributed by atoms with E-state index in [4.69, 9.17) is 4.10 Å². The average Bonchev–Trinajstić information content (AvgIpc) is 0.722. The molecule has 1 unspecified atom stereocenters. The summed E-state index contributed by atoms with van der Waals surface area (Å²) in [4.78, 5) is 0. The van der Waals surface area contributed by atoms with Crippen LogP contribution in [0.4, 0.5) is 0 Å². The summed E-state index contributed by atoms with van der Waals surface area (Å²) < 4.78 is 8.37. The van der Waals surface area contributed by atoms with E-state index in [1.165, 1.54) is 0 Å². The third kappa shape index (κ3) is 41.0. The maximum atomic E-state index is 8.37. The molecule has 0 aromatic heterocycles. The molecule has 32 valence electrons. The van der Waals surface area contributed by atoms with E-state index in [9.17, 15) is 0 Å². The van der Waals surface area contributed by atoms with Crippen LogP contribution < -0.4 is 0 Å². The zero-order chi connectivity index (χ0) is 4.50. The van der Waals surface area contributed by atoms with Gasteiger partial charge in [0.25, 0.3) is 0 Å². The van der Waals surface area contributed by atoms with E-state index < -0.39 is 11.1 Å². The second-order valence-electron chi connectivity index (χ2n) is 0.835. The van der Waals surface area contributed by atoms with Crippen molar-refractivity contribution in [1.29, 1.82) is 0 Å². The van der Waals surface area contributed by atoms with Gasteiger partial charge < -0.3 is 0 Å². The van der Waals surface area contributed by atoms with Crippen molar-refractivity contribution < 1.29 is 4.10 Å². The fourth-order valence-electron chi connectivity index (χ4n) is 0. The Morgan fingerprint density at radius 2 is 2.00 bits per heavy atom. The van der Waals surface area contributed by atoms with E-state index in [1.807, 2.05) is 0 Å². The summed E-state index contributed by atoms with van der Waals surface area (Å²) in [7, 11) is 8.08. The van der Waals surface area contributed by atoms with Gasteiger partial charge in [0.15, 0.2) is 0 Å². The van der Waals surface area contributed by atoms with Crippen molar-refractivity contribution in [2.24, 2.45) is 0 Å². The fourth-order valence-corrected chi connectivity index (χ4v) is 0. The van der Waals surface area contributed by atoms with Gasteiger partial charge in [-0.1, -0.05) is 0 Å². The molecule has 0 rings (SSSR count). The van der Waals surface area contributed by atoms with Crippen LogP contribution in [0.3, 0.4) is 0 Å². The average molecular weight is 172 g/mol. The van der Waals surface area contributed by atoms with Crippen LogP contribution in [0.15, 0.2) is 0 Å². The fraction of sp³-hybridized carbons (Fsp3) is 1.00. The van der Waals surface area contributed by atoms with Crippen molar-refractivity contribution in [2.45, 2.75) is 5.71 Å². The molecule has 1 nitrogen and oxygen atoms in total. The Kier molecular flexibility index (Phi) is 2.06. The number of thiol groups is 1. The summed E-state index contributed by atoms with van der Waals surface area (Å²) in [6.45, 7) is 0. The normalized spacial score (nSPS) is 21.4. The minimum absolute atomic E-state index is 1.59. The van der Waals surface area contributed by atoms with Crippen molar-refractivity contribution in [2.75, 3.05) is 0 Å². The molecule has 0 amide bonds. The molecule has 0 saturated heterocycles. The topological polar surface area (TPSA) is 20.2 Å². The summed E-state index contributed by atoms with van der Waals surface area (Å²) in [5.41, 5.74) is 1.59. The van der Waals surface area contributed by atoms with Gasteiger partial charge in [0.2, 0.25) is 0 Å². The first kappa shape index (κ1) is 6.09. The molecule has 0 heterocycles. The van der Waals surface area contributed by atoms with Crippen molar-refractivity contribution in [3.63, 3.8) is 0 Å². The molecule has 0 saturated carbocycles. The Bertz CT molecular complexity index is 55.8. The SMILES string of the molecule is C[As](O)(=S)S. The van der Waals surface area contributed by atoms with Crippen LogP contribution in [0.1, 0.15) is 0 Å². The van der Waals surface area contributed by atoms with E-state index in [1.54, 1.807) is 5.71 Å². The minimum atomic E-state index is -2.60. The van der Waals surface area contributed by atoms with Crippen LogP contribution >= 0.6 is 21.3 Å². The van der Waals surface area contributed by atoms with E-state index in [2.05, 4.69) is 21.3 Å². The molecule has 0 aromatic carbocycles. The van der Waals surface area contributed by atoms with Crippen LogP contribution in [0.2, 0.25) is 5.71 Å². The first-order valence-corrected chi connectivity index (χ1v) is 9.33. The van der Waals surface area contributed by atoms with E-state index >= 15 is 0 Å². The first-order valence-electron chi connectivity index (χ1n) is 1.03. The van der Waals surface area contributed by atoms with Gasteiger partial charge in [-0.15, -0.1) is 0 Å². The van der Waals surface area contributed by atoms with Gasteiger partial charge >= 0.3 is 42.2 Å². The molecule has 4 heteroatoms. The maximum absolute atomic E-state index is 8.37. The monoisotopic (exact) mass is 172 g/mol. The van der Waals surface area contributed by atoms with E-state index in [0.29, 0.717) is 0 Å². The summed E-state index contributed by atoms with van der Waals surface area (Å²) in [6.07, 6.45) is 0. The second-order valence-corrected chi connectivity index (χ2v) is 13.5. The van der Waals surface area contributed by atoms with Crippen molar-refractivity contribution >= 4 is 32.3 Å². The number of rotatable bonds is 0. The molecule has 0 aliphatic heterocycles. The Balaban J connectivity index is 3.47. The van der Waals surface area contributed by atoms with Crippen LogP contribution in [-0.4, -0.2) is 15.2 Å².